The number of ether oxygens (including phenoxy) is 1. The lowest BCUT2D eigenvalue weighted by atomic mass is 9.90. The third kappa shape index (κ3) is 3.80. The first-order chi connectivity index (χ1) is 12.5. The molecular formula is C21H22O5. The summed E-state index contributed by atoms with van der Waals surface area (Å²) in [4.78, 5) is 0. The van der Waals surface area contributed by atoms with Gasteiger partial charge in [-0.1, -0.05) is 42.3 Å². The van der Waals surface area contributed by atoms with E-state index < -0.39 is 37.1 Å². The Morgan fingerprint density at radius 1 is 0.923 bits per heavy atom. The SMILES string of the molecule is C#Cc1ccc(Cc2cccc([C@@H]3OC(CO)[C@@H](O)[C@H](O)[C@H]3O)c2)cc1. The summed E-state index contributed by atoms with van der Waals surface area (Å²) in [6.07, 6.45) is 0.281. The molecule has 0 amide bonds. The van der Waals surface area contributed by atoms with E-state index >= 15 is 0 Å². The highest BCUT2D eigenvalue weighted by Gasteiger charge is 2.43. The first kappa shape index (κ1) is 18.6. The van der Waals surface area contributed by atoms with Crippen molar-refractivity contribution in [3.8, 4) is 12.3 Å². The van der Waals surface area contributed by atoms with Crippen LogP contribution in [0.2, 0.25) is 0 Å². The van der Waals surface area contributed by atoms with E-state index in [-0.39, 0.29) is 0 Å². The van der Waals surface area contributed by atoms with Gasteiger partial charge in [-0.3, -0.25) is 0 Å². The molecule has 0 aliphatic carbocycles. The van der Waals surface area contributed by atoms with Crippen molar-refractivity contribution in [3.63, 3.8) is 0 Å². The second-order valence-corrected chi connectivity index (χ2v) is 6.51. The molecule has 5 nitrogen and oxygen atoms in total. The summed E-state index contributed by atoms with van der Waals surface area (Å²) in [5, 5.41) is 39.5. The minimum Gasteiger partial charge on any atom is -0.394 e. The van der Waals surface area contributed by atoms with Gasteiger partial charge in [0.05, 0.1) is 6.61 Å². The second-order valence-electron chi connectivity index (χ2n) is 6.51. The van der Waals surface area contributed by atoms with Gasteiger partial charge >= 0.3 is 0 Å². The normalized spacial score (nSPS) is 28.5. The van der Waals surface area contributed by atoms with Crippen LogP contribution in [0.15, 0.2) is 48.5 Å². The summed E-state index contributed by atoms with van der Waals surface area (Å²) in [5.41, 5.74) is 3.60. The van der Waals surface area contributed by atoms with Crippen LogP contribution in [0.4, 0.5) is 0 Å². The molecule has 2 aromatic rings. The summed E-state index contributed by atoms with van der Waals surface area (Å²) in [6, 6.07) is 15.2. The average Bonchev–Trinajstić information content (AvgIpc) is 2.67. The van der Waals surface area contributed by atoms with Crippen LogP contribution in [-0.2, 0) is 11.2 Å². The first-order valence-corrected chi connectivity index (χ1v) is 8.48. The van der Waals surface area contributed by atoms with Gasteiger partial charge in [-0.2, -0.15) is 0 Å². The minimum atomic E-state index is -1.38. The predicted octanol–water partition coefficient (Wildman–Crippen LogP) is 0.774. The van der Waals surface area contributed by atoms with Crippen LogP contribution in [-0.4, -0.2) is 51.4 Å². The molecule has 26 heavy (non-hydrogen) atoms. The molecule has 1 aliphatic heterocycles. The summed E-state index contributed by atoms with van der Waals surface area (Å²) >= 11 is 0. The summed E-state index contributed by atoms with van der Waals surface area (Å²) in [7, 11) is 0. The van der Waals surface area contributed by atoms with E-state index in [1.54, 1.807) is 6.07 Å². The largest absolute Gasteiger partial charge is 0.394 e. The quantitative estimate of drug-likeness (QED) is 0.609. The van der Waals surface area contributed by atoms with Crippen LogP contribution in [0.3, 0.4) is 0 Å². The van der Waals surface area contributed by atoms with Gasteiger partial charge in [-0.15, -0.1) is 6.42 Å². The second kappa shape index (κ2) is 8.00. The molecular weight excluding hydrogens is 332 g/mol. The van der Waals surface area contributed by atoms with Crippen molar-refractivity contribution in [1.29, 1.82) is 0 Å². The Kier molecular flexibility index (Phi) is 5.72. The van der Waals surface area contributed by atoms with E-state index in [1.165, 1.54) is 0 Å². The molecule has 1 aliphatic rings. The lowest BCUT2D eigenvalue weighted by molar-refractivity contribution is -0.231. The molecule has 0 spiro atoms. The Morgan fingerprint density at radius 2 is 1.65 bits per heavy atom. The molecule has 0 saturated carbocycles. The zero-order chi connectivity index (χ0) is 18.7. The van der Waals surface area contributed by atoms with Crippen molar-refractivity contribution in [2.45, 2.75) is 36.9 Å². The van der Waals surface area contributed by atoms with E-state index in [9.17, 15) is 20.4 Å². The zero-order valence-electron chi connectivity index (χ0n) is 14.2. The predicted molar refractivity (Wildman–Crippen MR) is 96.3 cm³/mol. The smallest absolute Gasteiger partial charge is 0.113 e. The van der Waals surface area contributed by atoms with E-state index in [0.29, 0.717) is 12.0 Å². The van der Waals surface area contributed by atoms with Gasteiger partial charge in [0.25, 0.3) is 0 Å². The van der Waals surface area contributed by atoms with Gasteiger partial charge in [0.15, 0.2) is 0 Å². The van der Waals surface area contributed by atoms with Crippen LogP contribution < -0.4 is 0 Å². The molecule has 3 rings (SSSR count). The van der Waals surface area contributed by atoms with Crippen LogP contribution in [0, 0.1) is 12.3 Å². The Hall–Kier alpha value is -2.20. The number of hydrogen-bond acceptors (Lipinski definition) is 5. The molecule has 0 radical (unpaired) electrons. The fourth-order valence-corrected chi connectivity index (χ4v) is 3.21. The third-order valence-electron chi connectivity index (χ3n) is 4.70. The van der Waals surface area contributed by atoms with Crippen molar-refractivity contribution in [2.24, 2.45) is 0 Å². The van der Waals surface area contributed by atoms with Gasteiger partial charge in [0.1, 0.15) is 30.5 Å². The van der Waals surface area contributed by atoms with Gasteiger partial charge < -0.3 is 25.2 Å². The molecule has 4 N–H and O–H groups in total. The number of aliphatic hydroxyl groups excluding tert-OH is 4. The monoisotopic (exact) mass is 354 g/mol. The van der Waals surface area contributed by atoms with E-state index in [4.69, 9.17) is 11.2 Å². The number of rotatable bonds is 4. The summed E-state index contributed by atoms with van der Waals surface area (Å²) < 4.78 is 5.62. The minimum absolute atomic E-state index is 0.442. The Morgan fingerprint density at radius 3 is 2.31 bits per heavy atom. The molecule has 0 aromatic heterocycles. The topological polar surface area (TPSA) is 90.2 Å². The third-order valence-corrected chi connectivity index (χ3v) is 4.70. The van der Waals surface area contributed by atoms with Crippen molar-refractivity contribution >= 4 is 0 Å². The highest BCUT2D eigenvalue weighted by molar-refractivity contribution is 5.37. The summed E-state index contributed by atoms with van der Waals surface area (Å²) in [6.45, 7) is -0.442. The van der Waals surface area contributed by atoms with Crippen LogP contribution in [0.5, 0.6) is 0 Å². The Bertz CT molecular complexity index is 778. The number of benzene rings is 2. The van der Waals surface area contributed by atoms with Crippen molar-refractivity contribution in [3.05, 3.63) is 70.8 Å². The molecule has 1 saturated heterocycles. The van der Waals surface area contributed by atoms with Crippen molar-refractivity contribution < 1.29 is 25.2 Å². The lowest BCUT2D eigenvalue weighted by Crippen LogP contribution is -2.55. The van der Waals surface area contributed by atoms with E-state index in [2.05, 4.69) is 5.92 Å². The lowest BCUT2D eigenvalue weighted by Gasteiger charge is -2.40. The highest BCUT2D eigenvalue weighted by atomic mass is 16.5. The fraction of sp³-hybridized carbons (Fsp3) is 0.333. The Labute approximate surface area is 152 Å². The fourth-order valence-electron chi connectivity index (χ4n) is 3.21. The van der Waals surface area contributed by atoms with E-state index in [1.807, 2.05) is 42.5 Å². The maximum absolute atomic E-state index is 10.3. The maximum Gasteiger partial charge on any atom is 0.113 e. The standard InChI is InChI=1S/C21H22O5/c1-2-13-6-8-14(9-7-13)10-15-4-3-5-16(11-15)21-20(25)19(24)18(23)17(12-22)26-21/h1,3-9,11,17-25H,10,12H2/t17?,18-,19+,20-,21+/m1/s1. The molecule has 0 bridgehead atoms. The number of hydrogen-bond donors (Lipinski definition) is 4. The molecule has 1 fully saturated rings. The van der Waals surface area contributed by atoms with Crippen LogP contribution in [0.1, 0.15) is 28.4 Å². The van der Waals surface area contributed by atoms with Crippen molar-refractivity contribution in [1.82, 2.24) is 0 Å². The molecule has 5 atom stereocenters. The number of terminal acetylenes is 1. The molecule has 1 heterocycles. The number of aliphatic hydroxyl groups is 4. The van der Waals surface area contributed by atoms with Gasteiger partial charge in [-0.25, -0.2) is 0 Å². The van der Waals surface area contributed by atoms with E-state index in [0.717, 1.165) is 16.7 Å². The average molecular weight is 354 g/mol. The Balaban J connectivity index is 1.80. The van der Waals surface area contributed by atoms with Crippen LogP contribution in [0.25, 0.3) is 0 Å². The van der Waals surface area contributed by atoms with Crippen molar-refractivity contribution in [2.75, 3.05) is 6.61 Å². The first-order valence-electron chi connectivity index (χ1n) is 8.48. The van der Waals surface area contributed by atoms with Gasteiger partial charge in [0, 0.05) is 5.56 Å². The van der Waals surface area contributed by atoms with Gasteiger partial charge in [-0.05, 0) is 35.2 Å². The molecule has 5 heteroatoms. The molecule has 1 unspecified atom stereocenters. The van der Waals surface area contributed by atoms with Crippen LogP contribution >= 0.6 is 0 Å². The maximum atomic E-state index is 10.3. The summed E-state index contributed by atoms with van der Waals surface area (Å²) in [5.74, 6) is 2.58. The molecule has 136 valence electrons. The molecule has 2 aromatic carbocycles. The van der Waals surface area contributed by atoms with Gasteiger partial charge in [0.2, 0.25) is 0 Å². The highest BCUT2D eigenvalue weighted by Crippen LogP contribution is 2.32. The zero-order valence-corrected chi connectivity index (χ0v) is 14.2.